The topological polar surface area (TPSA) is 108 Å². The summed E-state index contributed by atoms with van der Waals surface area (Å²) >= 11 is 7.47. The minimum Gasteiger partial charge on any atom is -0.480 e. The molecule has 1 saturated heterocycles. The van der Waals surface area contributed by atoms with Gasteiger partial charge >= 0.3 is 5.97 Å². The van der Waals surface area contributed by atoms with Crippen molar-refractivity contribution in [2.24, 2.45) is 5.41 Å². The fourth-order valence-electron chi connectivity index (χ4n) is 3.44. The van der Waals surface area contributed by atoms with Gasteiger partial charge in [-0.1, -0.05) is 11.6 Å². The van der Waals surface area contributed by atoms with Gasteiger partial charge in [0.15, 0.2) is 0 Å². The minimum absolute atomic E-state index is 0.0422. The molecular weight excluding hydrogens is 428 g/mol. The summed E-state index contributed by atoms with van der Waals surface area (Å²) in [6.45, 7) is 4.99. The predicted octanol–water partition coefficient (Wildman–Crippen LogP) is 3.13. The van der Waals surface area contributed by atoms with Gasteiger partial charge in [0, 0.05) is 16.9 Å². The summed E-state index contributed by atoms with van der Waals surface area (Å²) in [6, 6.07) is 5.65. The quantitative estimate of drug-likeness (QED) is 0.562. The summed E-state index contributed by atoms with van der Waals surface area (Å²) in [7, 11) is 0. The number of nitrogens with zero attached hydrogens (tertiary/aromatic N) is 3. The van der Waals surface area contributed by atoms with Gasteiger partial charge in [0.1, 0.15) is 5.82 Å². The summed E-state index contributed by atoms with van der Waals surface area (Å²) < 4.78 is 2.05. The molecule has 3 heterocycles. The van der Waals surface area contributed by atoms with Crippen LogP contribution >= 0.6 is 22.9 Å². The number of halogens is 1. The van der Waals surface area contributed by atoms with Crippen molar-refractivity contribution in [3.05, 3.63) is 33.1 Å². The first-order chi connectivity index (χ1) is 14.2. The largest absolute Gasteiger partial charge is 0.480 e. The highest BCUT2D eigenvalue weighted by molar-refractivity contribution is 7.16. The lowest BCUT2D eigenvalue weighted by Crippen LogP contribution is -2.37. The molecule has 1 aliphatic rings. The zero-order chi connectivity index (χ0) is 21.9. The van der Waals surface area contributed by atoms with Gasteiger partial charge in [0.05, 0.1) is 35.1 Å². The summed E-state index contributed by atoms with van der Waals surface area (Å²) in [5.74, 6) is -0.381. The molecule has 30 heavy (non-hydrogen) atoms. The summed E-state index contributed by atoms with van der Waals surface area (Å²) in [5, 5.41) is 26.5. The third-order valence-electron chi connectivity index (χ3n) is 5.33. The molecule has 8 nitrogen and oxygen atoms in total. The van der Waals surface area contributed by atoms with Gasteiger partial charge in [-0.05, 0) is 51.9 Å². The van der Waals surface area contributed by atoms with Crippen molar-refractivity contribution in [1.29, 1.82) is 0 Å². The number of aliphatic carboxylic acids is 1. The maximum Gasteiger partial charge on any atom is 0.317 e. The maximum atomic E-state index is 13.0. The highest BCUT2D eigenvalue weighted by atomic mass is 35.5. The fraction of sp³-hybridized carbons (Fsp3) is 0.550. The number of hydrogen-bond acceptors (Lipinski definition) is 7. The molecule has 2 aromatic heterocycles. The third kappa shape index (κ3) is 5.40. The Labute approximate surface area is 184 Å². The first-order valence-electron chi connectivity index (χ1n) is 9.87. The number of aliphatic hydroxyl groups is 1. The molecule has 0 aliphatic carbocycles. The van der Waals surface area contributed by atoms with Crippen LogP contribution in [0.4, 0.5) is 5.82 Å². The number of carbonyl (C=O) groups is 2. The van der Waals surface area contributed by atoms with E-state index in [4.69, 9.17) is 16.7 Å². The molecule has 0 unspecified atom stereocenters. The van der Waals surface area contributed by atoms with Gasteiger partial charge in [0.25, 0.3) is 5.91 Å². The van der Waals surface area contributed by atoms with Crippen molar-refractivity contribution in [1.82, 2.24) is 14.7 Å². The van der Waals surface area contributed by atoms with Crippen LogP contribution in [0.3, 0.4) is 0 Å². The number of carbonyl (C=O) groups excluding carboxylic acids is 1. The Morgan fingerprint density at radius 3 is 2.60 bits per heavy atom. The van der Waals surface area contributed by atoms with Crippen molar-refractivity contribution in [3.8, 4) is 0 Å². The lowest BCUT2D eigenvalue weighted by molar-refractivity contribution is -0.138. The molecule has 3 N–H and O–H groups in total. The molecule has 3 rings (SSSR count). The van der Waals surface area contributed by atoms with Crippen LogP contribution in [0.1, 0.15) is 48.0 Å². The highest BCUT2D eigenvalue weighted by Gasteiger charge is 2.32. The number of carboxylic acids is 1. The molecular formula is C20H27ClN4O4S. The second-order valence-electron chi connectivity index (χ2n) is 8.22. The fourth-order valence-corrected chi connectivity index (χ4v) is 4.46. The molecule has 1 aliphatic heterocycles. The Morgan fingerprint density at radius 2 is 2.03 bits per heavy atom. The van der Waals surface area contributed by atoms with E-state index in [0.717, 1.165) is 23.4 Å². The smallest absolute Gasteiger partial charge is 0.317 e. The van der Waals surface area contributed by atoms with Gasteiger partial charge in [-0.15, -0.1) is 11.3 Å². The van der Waals surface area contributed by atoms with Gasteiger partial charge in [-0.25, -0.2) is 0 Å². The molecule has 0 bridgehead atoms. The minimum atomic E-state index is -0.961. The molecule has 1 fully saturated rings. The SMILES string of the molecule is CC(C)(CO)C(=O)n1nc(C2CCN(CC(=O)O)CC2)cc1NCc1ccc(Cl)s1. The second kappa shape index (κ2) is 9.47. The summed E-state index contributed by atoms with van der Waals surface area (Å²) in [6.07, 6.45) is 1.56. The number of nitrogens with one attached hydrogen (secondary N) is 1. The van der Waals surface area contributed by atoms with E-state index in [1.807, 2.05) is 23.1 Å². The van der Waals surface area contributed by atoms with E-state index < -0.39 is 11.4 Å². The molecule has 10 heteroatoms. The van der Waals surface area contributed by atoms with E-state index in [1.54, 1.807) is 13.8 Å². The Hall–Kier alpha value is -1.94. The Balaban J connectivity index is 1.79. The summed E-state index contributed by atoms with van der Waals surface area (Å²) in [4.78, 5) is 26.9. The standard InChI is InChI=1S/C20H27ClN4O4S/c1-20(2,12-26)19(29)25-17(22-10-14-3-4-16(21)30-14)9-15(23-25)13-5-7-24(8-6-13)11-18(27)28/h3-4,9,13,22,26H,5-8,10-12H2,1-2H3,(H,27,28). The lowest BCUT2D eigenvalue weighted by atomic mass is 9.93. The first kappa shape index (κ1) is 22.7. The van der Waals surface area contributed by atoms with E-state index in [1.165, 1.54) is 16.0 Å². The number of piperidine rings is 1. The van der Waals surface area contributed by atoms with Crippen molar-refractivity contribution < 1.29 is 19.8 Å². The summed E-state index contributed by atoms with van der Waals surface area (Å²) in [5.41, 5.74) is -0.157. The maximum absolute atomic E-state index is 13.0. The van der Waals surface area contributed by atoms with Crippen LogP contribution < -0.4 is 5.32 Å². The van der Waals surface area contributed by atoms with E-state index in [0.29, 0.717) is 29.8 Å². The van der Waals surface area contributed by atoms with Gasteiger partial charge in [-0.3, -0.25) is 14.5 Å². The van der Waals surface area contributed by atoms with Crippen LogP contribution in [-0.2, 0) is 11.3 Å². The number of carboxylic acid groups (broad SMARTS) is 1. The van der Waals surface area contributed by atoms with Crippen LogP contribution in [0.25, 0.3) is 0 Å². The monoisotopic (exact) mass is 454 g/mol. The van der Waals surface area contributed by atoms with Crippen LogP contribution in [0.15, 0.2) is 18.2 Å². The number of likely N-dealkylation sites (tertiary alicyclic amines) is 1. The number of anilines is 1. The first-order valence-corrected chi connectivity index (χ1v) is 11.1. The number of hydrogen-bond donors (Lipinski definition) is 3. The van der Waals surface area contributed by atoms with Crippen LogP contribution in [0.2, 0.25) is 4.34 Å². The highest BCUT2D eigenvalue weighted by Crippen LogP contribution is 2.31. The van der Waals surface area contributed by atoms with E-state index in [2.05, 4.69) is 10.4 Å². The van der Waals surface area contributed by atoms with Gasteiger partial charge in [0.2, 0.25) is 0 Å². The van der Waals surface area contributed by atoms with Crippen molar-refractivity contribution in [2.45, 2.75) is 39.2 Å². The predicted molar refractivity (Wildman–Crippen MR) is 116 cm³/mol. The molecule has 0 radical (unpaired) electrons. The van der Waals surface area contributed by atoms with Crippen LogP contribution in [-0.4, -0.2) is 63.0 Å². The van der Waals surface area contributed by atoms with E-state index >= 15 is 0 Å². The Kier molecular flexibility index (Phi) is 7.18. The van der Waals surface area contributed by atoms with Crippen molar-refractivity contribution in [3.63, 3.8) is 0 Å². The Bertz CT molecular complexity index is 903. The zero-order valence-corrected chi connectivity index (χ0v) is 18.7. The zero-order valence-electron chi connectivity index (χ0n) is 17.1. The third-order valence-corrected chi connectivity index (χ3v) is 6.56. The molecule has 2 aromatic rings. The van der Waals surface area contributed by atoms with Crippen LogP contribution in [0, 0.1) is 5.41 Å². The Morgan fingerprint density at radius 1 is 1.33 bits per heavy atom. The normalized spacial score (nSPS) is 16.0. The van der Waals surface area contributed by atoms with Gasteiger partial charge in [-0.2, -0.15) is 9.78 Å². The van der Waals surface area contributed by atoms with Crippen molar-refractivity contribution >= 4 is 40.6 Å². The van der Waals surface area contributed by atoms with Gasteiger partial charge < -0.3 is 15.5 Å². The molecule has 0 amide bonds. The number of thiophene rings is 1. The average Bonchev–Trinajstić information content (AvgIpc) is 3.32. The van der Waals surface area contributed by atoms with Crippen LogP contribution in [0.5, 0.6) is 0 Å². The van der Waals surface area contributed by atoms with Crippen molar-refractivity contribution in [2.75, 3.05) is 31.6 Å². The lowest BCUT2D eigenvalue weighted by Gasteiger charge is -2.29. The van der Waals surface area contributed by atoms with E-state index in [9.17, 15) is 14.7 Å². The number of aromatic nitrogens is 2. The molecule has 0 spiro atoms. The second-order valence-corrected chi connectivity index (χ2v) is 10.0. The average molecular weight is 455 g/mol. The molecule has 164 valence electrons. The molecule has 0 atom stereocenters. The number of aliphatic hydroxyl groups excluding tert-OH is 1. The molecule has 0 aromatic carbocycles. The number of rotatable bonds is 8. The van der Waals surface area contributed by atoms with E-state index in [-0.39, 0.29) is 25.0 Å². The molecule has 0 saturated carbocycles.